The lowest BCUT2D eigenvalue weighted by atomic mass is 9.97. The molecule has 3 rings (SSSR count). The molecule has 0 N–H and O–H groups in total. The summed E-state index contributed by atoms with van der Waals surface area (Å²) < 4.78 is 24.4. The maximum absolute atomic E-state index is 13.4. The predicted molar refractivity (Wildman–Crippen MR) is 111 cm³/mol. The molecule has 2 atom stereocenters. The summed E-state index contributed by atoms with van der Waals surface area (Å²) in [6, 6.07) is 22.6. The van der Waals surface area contributed by atoms with Gasteiger partial charge in [-0.05, 0) is 54.4 Å². The molecule has 0 aliphatic rings. The maximum Gasteiger partial charge on any atom is 0.263 e. The van der Waals surface area contributed by atoms with E-state index in [1.165, 1.54) is 12.1 Å². The number of carbonyl (C=O) groups is 1. The van der Waals surface area contributed by atoms with E-state index in [2.05, 4.69) is 0 Å². The lowest BCUT2D eigenvalue weighted by Crippen LogP contribution is -2.40. The Morgan fingerprint density at radius 1 is 0.862 bits per heavy atom. The van der Waals surface area contributed by atoms with Crippen LogP contribution in [-0.2, 0) is 4.79 Å². The minimum atomic E-state index is -0.694. The highest BCUT2D eigenvalue weighted by atomic mass is 19.1. The van der Waals surface area contributed by atoms with E-state index in [4.69, 9.17) is 9.47 Å². The molecule has 1 amide bonds. The molecule has 4 nitrogen and oxygen atoms in total. The van der Waals surface area contributed by atoms with Crippen molar-refractivity contribution in [3.8, 4) is 11.5 Å². The summed E-state index contributed by atoms with van der Waals surface area (Å²) in [5, 5.41) is 0. The van der Waals surface area contributed by atoms with Crippen molar-refractivity contribution in [2.75, 3.05) is 14.2 Å². The number of hydrogen-bond donors (Lipinski definition) is 0. The lowest BCUT2D eigenvalue weighted by Gasteiger charge is -2.31. The largest absolute Gasteiger partial charge is 0.497 e. The minimum Gasteiger partial charge on any atom is -0.497 e. The predicted octanol–water partition coefficient (Wildman–Crippen LogP) is 4.85. The van der Waals surface area contributed by atoms with Gasteiger partial charge in [-0.15, -0.1) is 0 Å². The van der Waals surface area contributed by atoms with Crippen LogP contribution in [-0.4, -0.2) is 31.1 Å². The van der Waals surface area contributed by atoms with E-state index in [1.807, 2.05) is 30.3 Å². The molecule has 150 valence electrons. The van der Waals surface area contributed by atoms with Crippen LogP contribution in [0.2, 0.25) is 0 Å². The van der Waals surface area contributed by atoms with Gasteiger partial charge in [0.25, 0.3) is 5.91 Å². The van der Waals surface area contributed by atoms with E-state index in [-0.39, 0.29) is 17.8 Å². The van der Waals surface area contributed by atoms with Crippen molar-refractivity contribution in [1.29, 1.82) is 0 Å². The first-order chi connectivity index (χ1) is 14.0. The highest BCUT2D eigenvalue weighted by Crippen LogP contribution is 2.29. The first-order valence-electron chi connectivity index (χ1n) is 9.37. The van der Waals surface area contributed by atoms with E-state index in [1.54, 1.807) is 62.4 Å². The van der Waals surface area contributed by atoms with Crippen LogP contribution in [0.4, 0.5) is 4.39 Å². The van der Waals surface area contributed by atoms with Crippen LogP contribution in [0.5, 0.6) is 11.5 Å². The van der Waals surface area contributed by atoms with Crippen LogP contribution < -0.4 is 9.47 Å². The summed E-state index contributed by atoms with van der Waals surface area (Å²) in [5.74, 6) is 0.803. The fraction of sp³-hybridized carbons (Fsp3) is 0.208. The monoisotopic (exact) mass is 393 g/mol. The Kier molecular flexibility index (Phi) is 6.50. The smallest absolute Gasteiger partial charge is 0.263 e. The molecular weight excluding hydrogens is 369 g/mol. The van der Waals surface area contributed by atoms with Crippen molar-refractivity contribution in [2.45, 2.75) is 19.1 Å². The van der Waals surface area contributed by atoms with Crippen LogP contribution >= 0.6 is 0 Å². The molecule has 0 spiro atoms. The van der Waals surface area contributed by atoms with Crippen LogP contribution in [0.1, 0.15) is 24.1 Å². The third-order valence-electron chi connectivity index (χ3n) is 4.76. The van der Waals surface area contributed by atoms with Gasteiger partial charge in [0.1, 0.15) is 17.3 Å². The van der Waals surface area contributed by atoms with Crippen molar-refractivity contribution in [3.05, 3.63) is 95.8 Å². The Balaban J connectivity index is 1.83. The average Bonchev–Trinajstić information content (AvgIpc) is 2.76. The fourth-order valence-corrected chi connectivity index (χ4v) is 3.24. The van der Waals surface area contributed by atoms with Gasteiger partial charge in [0, 0.05) is 7.05 Å². The van der Waals surface area contributed by atoms with Gasteiger partial charge in [0.15, 0.2) is 6.10 Å². The number of carbonyl (C=O) groups excluding carboxylic acids is 1. The third kappa shape index (κ3) is 4.93. The highest BCUT2D eigenvalue weighted by molar-refractivity contribution is 5.81. The molecule has 0 radical (unpaired) electrons. The molecule has 0 aromatic heterocycles. The molecule has 5 heteroatoms. The molecule has 0 aliphatic carbocycles. The number of nitrogens with zero attached hydrogens (tertiary/aromatic N) is 1. The maximum atomic E-state index is 13.4. The van der Waals surface area contributed by atoms with Crippen molar-refractivity contribution in [3.63, 3.8) is 0 Å². The molecule has 0 bridgehead atoms. The van der Waals surface area contributed by atoms with Gasteiger partial charge < -0.3 is 14.4 Å². The summed E-state index contributed by atoms with van der Waals surface area (Å²) in [6.07, 6.45) is -0.694. The topological polar surface area (TPSA) is 38.8 Å². The zero-order chi connectivity index (χ0) is 20.8. The third-order valence-corrected chi connectivity index (χ3v) is 4.76. The van der Waals surface area contributed by atoms with Gasteiger partial charge in [0.2, 0.25) is 0 Å². The Hall–Kier alpha value is -3.34. The molecule has 3 aromatic rings. The highest BCUT2D eigenvalue weighted by Gasteiger charge is 2.28. The van der Waals surface area contributed by atoms with Gasteiger partial charge in [-0.3, -0.25) is 4.79 Å². The number of rotatable bonds is 7. The lowest BCUT2D eigenvalue weighted by molar-refractivity contribution is -0.138. The first-order valence-corrected chi connectivity index (χ1v) is 9.37. The first kappa shape index (κ1) is 20.4. The summed E-state index contributed by atoms with van der Waals surface area (Å²) >= 11 is 0. The molecule has 29 heavy (non-hydrogen) atoms. The van der Waals surface area contributed by atoms with E-state index in [9.17, 15) is 9.18 Å². The quantitative estimate of drug-likeness (QED) is 0.576. The van der Waals surface area contributed by atoms with Crippen LogP contribution in [0, 0.1) is 5.82 Å². The summed E-state index contributed by atoms with van der Waals surface area (Å²) in [4.78, 5) is 14.8. The fourth-order valence-electron chi connectivity index (χ4n) is 3.24. The van der Waals surface area contributed by atoms with E-state index in [0.29, 0.717) is 11.5 Å². The molecule has 0 fully saturated rings. The number of likely N-dealkylation sites (N-methyl/N-ethyl adjacent to an activating group) is 1. The summed E-state index contributed by atoms with van der Waals surface area (Å²) in [7, 11) is 3.33. The Morgan fingerprint density at radius 3 is 2.00 bits per heavy atom. The van der Waals surface area contributed by atoms with Crippen molar-refractivity contribution >= 4 is 5.91 Å². The number of hydrogen-bond acceptors (Lipinski definition) is 3. The van der Waals surface area contributed by atoms with Crippen molar-refractivity contribution < 1.29 is 18.7 Å². The van der Waals surface area contributed by atoms with Gasteiger partial charge in [-0.25, -0.2) is 4.39 Å². The minimum absolute atomic E-state index is 0.181. The van der Waals surface area contributed by atoms with E-state index >= 15 is 0 Å². The van der Waals surface area contributed by atoms with Gasteiger partial charge >= 0.3 is 0 Å². The Bertz CT molecular complexity index is 927. The molecule has 0 saturated heterocycles. The zero-order valence-corrected chi connectivity index (χ0v) is 16.7. The van der Waals surface area contributed by atoms with Crippen molar-refractivity contribution in [2.24, 2.45) is 0 Å². The van der Waals surface area contributed by atoms with Gasteiger partial charge in [0.05, 0.1) is 13.2 Å². The Labute approximate surface area is 170 Å². The summed E-state index contributed by atoms with van der Waals surface area (Å²) in [5.41, 5.74) is 1.76. The van der Waals surface area contributed by atoms with Crippen molar-refractivity contribution in [1.82, 2.24) is 4.90 Å². The number of ether oxygens (including phenoxy) is 2. The second kappa shape index (κ2) is 9.24. The molecule has 0 aliphatic heterocycles. The Morgan fingerprint density at radius 2 is 1.41 bits per heavy atom. The van der Waals surface area contributed by atoms with E-state index in [0.717, 1.165) is 11.1 Å². The van der Waals surface area contributed by atoms with Gasteiger partial charge in [-0.2, -0.15) is 0 Å². The standard InChI is InChI=1S/C24H24FNO3/c1-17(29-22-15-13-21(28-3)14-16-22)24(27)26(2)23(18-7-5-4-6-8-18)19-9-11-20(25)12-10-19/h4-17,23H,1-3H3. The number of methoxy groups -OCH3 is 1. The van der Waals surface area contributed by atoms with Crippen LogP contribution in [0.15, 0.2) is 78.9 Å². The normalized spacial score (nSPS) is 12.7. The SMILES string of the molecule is COc1ccc(OC(C)C(=O)N(C)C(c2ccccc2)c2ccc(F)cc2)cc1. The molecule has 2 unspecified atom stereocenters. The molecule has 0 saturated carbocycles. The second-order valence-electron chi connectivity index (χ2n) is 6.75. The number of amides is 1. The van der Waals surface area contributed by atoms with Crippen LogP contribution in [0.3, 0.4) is 0 Å². The second-order valence-corrected chi connectivity index (χ2v) is 6.75. The number of benzene rings is 3. The molecular formula is C24H24FNO3. The van der Waals surface area contributed by atoms with Crippen LogP contribution in [0.25, 0.3) is 0 Å². The van der Waals surface area contributed by atoms with Gasteiger partial charge in [-0.1, -0.05) is 42.5 Å². The summed E-state index contributed by atoms with van der Waals surface area (Å²) in [6.45, 7) is 1.72. The zero-order valence-electron chi connectivity index (χ0n) is 16.7. The number of halogens is 1. The molecule has 0 heterocycles. The average molecular weight is 393 g/mol. The molecule has 3 aromatic carbocycles. The van der Waals surface area contributed by atoms with E-state index < -0.39 is 6.10 Å².